The van der Waals surface area contributed by atoms with Gasteiger partial charge in [0.25, 0.3) is 0 Å². The van der Waals surface area contributed by atoms with Gasteiger partial charge in [-0.25, -0.2) is 22.7 Å². The van der Waals surface area contributed by atoms with E-state index in [1.54, 1.807) is 26.8 Å². The van der Waals surface area contributed by atoms with E-state index in [0.29, 0.717) is 16.9 Å². The maximum atomic E-state index is 13.1. The average Bonchev–Trinajstić information content (AvgIpc) is 3.26. The first-order chi connectivity index (χ1) is 19.5. The molecule has 0 heterocycles. The molecule has 1 atom stereocenters. The lowest BCUT2D eigenvalue weighted by Crippen LogP contribution is -2.43. The monoisotopic (exact) mass is 580 g/mol. The molecule has 3 aromatic carbocycles. The number of rotatable bonds is 11. The van der Waals surface area contributed by atoms with Crippen LogP contribution in [0.4, 0.5) is 4.79 Å². The summed E-state index contributed by atoms with van der Waals surface area (Å²) in [5.74, 6) is -0.730. The number of nitrogens with zero attached hydrogens (tertiary/aromatic N) is 1. The van der Waals surface area contributed by atoms with E-state index >= 15 is 0 Å². The minimum atomic E-state index is -3.85. The number of hydrogen-bond donors (Lipinski definition) is 2. The van der Waals surface area contributed by atoms with Crippen molar-refractivity contribution in [3.8, 4) is 16.9 Å². The highest BCUT2D eigenvalue weighted by molar-refractivity contribution is 7.89. The lowest BCUT2D eigenvalue weighted by Gasteiger charge is -2.25. The quantitative estimate of drug-likeness (QED) is 0.306. The van der Waals surface area contributed by atoms with Gasteiger partial charge in [0.15, 0.2) is 0 Å². The van der Waals surface area contributed by atoms with Gasteiger partial charge in [-0.3, -0.25) is 4.90 Å². The molecule has 0 aromatic heterocycles. The van der Waals surface area contributed by atoms with Crippen molar-refractivity contribution in [1.29, 1.82) is 0 Å². The van der Waals surface area contributed by atoms with Gasteiger partial charge in [-0.1, -0.05) is 48.5 Å². The molecule has 1 aliphatic rings. The van der Waals surface area contributed by atoms with Crippen LogP contribution in [-0.2, 0) is 19.6 Å². The SMILES string of the molecule is COc1cc(C)c(S(=O)(=O)NCCCC(C(=O)O)N(C)C(=O)OCC2c3ccccc3-c3ccccc32)c(C)c1C. The highest BCUT2D eigenvalue weighted by Crippen LogP contribution is 2.44. The molecular weight excluding hydrogens is 544 g/mol. The van der Waals surface area contributed by atoms with Crippen molar-refractivity contribution < 1.29 is 32.6 Å². The molecule has 0 fully saturated rings. The number of sulfonamides is 1. The number of carboxylic acid groups (broad SMARTS) is 1. The van der Waals surface area contributed by atoms with Crippen molar-refractivity contribution >= 4 is 22.1 Å². The minimum absolute atomic E-state index is 0.00853. The molecule has 0 bridgehead atoms. The summed E-state index contributed by atoms with van der Waals surface area (Å²) in [5.41, 5.74) is 6.18. The first-order valence-electron chi connectivity index (χ1n) is 13.4. The van der Waals surface area contributed by atoms with E-state index in [1.165, 1.54) is 14.2 Å². The third-order valence-electron chi connectivity index (χ3n) is 7.79. The summed E-state index contributed by atoms with van der Waals surface area (Å²) >= 11 is 0. The number of carbonyl (C=O) groups is 2. The van der Waals surface area contributed by atoms with Crippen molar-refractivity contribution in [3.63, 3.8) is 0 Å². The van der Waals surface area contributed by atoms with Crippen LogP contribution in [0.1, 0.15) is 46.6 Å². The molecule has 0 saturated heterocycles. The standard InChI is InChI=1S/C31H36N2O7S/c1-19-17-28(39-5)20(2)21(3)29(19)41(37,38)32-16-10-15-27(30(34)35)33(4)31(36)40-18-26-24-13-8-6-11-22(24)23-12-7-9-14-25(23)26/h6-9,11-14,17,26-27,32H,10,15-16,18H2,1-5H3,(H,34,35). The van der Waals surface area contributed by atoms with Crippen LogP contribution < -0.4 is 9.46 Å². The Balaban J connectivity index is 1.36. The number of benzene rings is 3. The Labute approximate surface area is 241 Å². The van der Waals surface area contributed by atoms with E-state index in [1.807, 2.05) is 48.5 Å². The number of nitrogens with one attached hydrogen (secondary N) is 1. The lowest BCUT2D eigenvalue weighted by molar-refractivity contribution is -0.142. The average molecular weight is 581 g/mol. The number of ether oxygens (including phenoxy) is 2. The number of likely N-dealkylation sites (N-methyl/N-ethyl adjacent to an activating group) is 1. The van der Waals surface area contributed by atoms with Gasteiger partial charge in [0, 0.05) is 19.5 Å². The highest BCUT2D eigenvalue weighted by Gasteiger charge is 2.32. The smallest absolute Gasteiger partial charge is 0.410 e. The molecule has 1 aliphatic carbocycles. The molecule has 0 saturated carbocycles. The summed E-state index contributed by atoms with van der Waals surface area (Å²) in [7, 11) is -0.932. The van der Waals surface area contributed by atoms with Crippen LogP contribution in [0.3, 0.4) is 0 Å². The van der Waals surface area contributed by atoms with Crippen LogP contribution in [0.2, 0.25) is 0 Å². The van der Waals surface area contributed by atoms with E-state index in [2.05, 4.69) is 4.72 Å². The molecule has 1 unspecified atom stereocenters. The topological polar surface area (TPSA) is 122 Å². The number of aliphatic carboxylic acids is 1. The Morgan fingerprint density at radius 3 is 2.15 bits per heavy atom. The lowest BCUT2D eigenvalue weighted by atomic mass is 9.98. The Hall–Kier alpha value is -3.89. The predicted octanol–water partition coefficient (Wildman–Crippen LogP) is 5.01. The molecule has 3 aromatic rings. The number of methoxy groups -OCH3 is 1. The van der Waals surface area contributed by atoms with Crippen LogP contribution >= 0.6 is 0 Å². The molecule has 0 spiro atoms. The van der Waals surface area contributed by atoms with Gasteiger partial charge in [0.2, 0.25) is 10.0 Å². The van der Waals surface area contributed by atoms with E-state index in [-0.39, 0.29) is 36.8 Å². The number of fused-ring (bicyclic) bond motifs is 3. The van der Waals surface area contributed by atoms with Gasteiger partial charge in [-0.2, -0.15) is 0 Å². The zero-order chi connectivity index (χ0) is 29.9. The van der Waals surface area contributed by atoms with E-state index in [4.69, 9.17) is 9.47 Å². The van der Waals surface area contributed by atoms with Gasteiger partial charge in [-0.05, 0) is 78.6 Å². The number of carbonyl (C=O) groups excluding carboxylic acids is 1. The summed E-state index contributed by atoms with van der Waals surface area (Å²) in [4.78, 5) is 26.2. The van der Waals surface area contributed by atoms with Gasteiger partial charge >= 0.3 is 12.1 Å². The maximum absolute atomic E-state index is 13.1. The second kappa shape index (κ2) is 12.3. The van der Waals surface area contributed by atoms with Crippen molar-refractivity contribution in [2.45, 2.75) is 50.5 Å². The van der Waals surface area contributed by atoms with Crippen LogP contribution in [0, 0.1) is 20.8 Å². The number of amides is 1. The largest absolute Gasteiger partial charge is 0.496 e. The van der Waals surface area contributed by atoms with Crippen LogP contribution in [0.5, 0.6) is 5.75 Å². The third kappa shape index (κ3) is 6.08. The number of carboxylic acids is 1. The summed E-state index contributed by atoms with van der Waals surface area (Å²) in [6.45, 7) is 5.30. The fourth-order valence-corrected chi connectivity index (χ4v) is 7.12. The minimum Gasteiger partial charge on any atom is -0.496 e. The van der Waals surface area contributed by atoms with E-state index < -0.39 is 28.1 Å². The second-order valence-corrected chi connectivity index (χ2v) is 12.0. The Bertz CT molecular complexity index is 1520. The summed E-state index contributed by atoms with van der Waals surface area (Å²) in [5, 5.41) is 9.82. The van der Waals surface area contributed by atoms with Crippen LogP contribution in [-0.4, -0.2) is 63.8 Å². The zero-order valence-corrected chi connectivity index (χ0v) is 24.7. The van der Waals surface area contributed by atoms with Gasteiger partial charge in [0.05, 0.1) is 12.0 Å². The molecule has 41 heavy (non-hydrogen) atoms. The van der Waals surface area contributed by atoms with Crippen molar-refractivity contribution in [2.24, 2.45) is 0 Å². The van der Waals surface area contributed by atoms with E-state index in [9.17, 15) is 23.1 Å². The number of aryl methyl sites for hydroxylation is 1. The van der Waals surface area contributed by atoms with Crippen molar-refractivity contribution in [1.82, 2.24) is 9.62 Å². The van der Waals surface area contributed by atoms with Gasteiger partial charge in [-0.15, -0.1) is 0 Å². The first-order valence-corrected chi connectivity index (χ1v) is 14.9. The van der Waals surface area contributed by atoms with Gasteiger partial charge < -0.3 is 14.6 Å². The molecular formula is C31H36N2O7S. The van der Waals surface area contributed by atoms with E-state index in [0.717, 1.165) is 32.7 Å². The van der Waals surface area contributed by atoms with Crippen LogP contribution in [0.25, 0.3) is 11.1 Å². The summed E-state index contributed by atoms with van der Waals surface area (Å²) in [6, 6.07) is 16.4. The molecule has 9 nitrogen and oxygen atoms in total. The number of hydrogen-bond acceptors (Lipinski definition) is 6. The highest BCUT2D eigenvalue weighted by atomic mass is 32.2. The summed E-state index contributed by atoms with van der Waals surface area (Å²) in [6.07, 6.45) is -0.512. The zero-order valence-electron chi connectivity index (χ0n) is 23.9. The Morgan fingerprint density at radius 2 is 1.59 bits per heavy atom. The normalized spacial score (nSPS) is 13.3. The van der Waals surface area contributed by atoms with Gasteiger partial charge in [0.1, 0.15) is 18.4 Å². The second-order valence-electron chi connectivity index (χ2n) is 10.3. The van der Waals surface area contributed by atoms with Crippen LogP contribution in [0.15, 0.2) is 59.5 Å². The Morgan fingerprint density at radius 1 is 1.00 bits per heavy atom. The molecule has 2 N–H and O–H groups in total. The van der Waals surface area contributed by atoms with Crippen molar-refractivity contribution in [3.05, 3.63) is 82.4 Å². The fraction of sp³-hybridized carbons (Fsp3) is 0.355. The molecule has 218 valence electrons. The first kappa shape index (κ1) is 30.1. The fourth-order valence-electron chi connectivity index (χ4n) is 5.53. The third-order valence-corrected chi connectivity index (χ3v) is 9.54. The Kier molecular flexibility index (Phi) is 9.04. The molecule has 0 aliphatic heterocycles. The van der Waals surface area contributed by atoms with Crippen molar-refractivity contribution in [2.75, 3.05) is 27.3 Å². The predicted molar refractivity (Wildman–Crippen MR) is 156 cm³/mol. The maximum Gasteiger partial charge on any atom is 0.410 e. The summed E-state index contributed by atoms with van der Waals surface area (Å²) < 4.78 is 39.7. The molecule has 10 heteroatoms. The molecule has 0 radical (unpaired) electrons. The molecule has 4 rings (SSSR count). The molecule has 1 amide bonds.